The van der Waals surface area contributed by atoms with Crippen LogP contribution in [0.1, 0.15) is 37.7 Å². The van der Waals surface area contributed by atoms with Crippen molar-refractivity contribution in [1.82, 2.24) is 15.1 Å². The van der Waals surface area contributed by atoms with Crippen molar-refractivity contribution in [2.24, 2.45) is 0 Å². The second-order valence-corrected chi connectivity index (χ2v) is 7.42. The monoisotopic (exact) mass is 331 g/mol. The summed E-state index contributed by atoms with van der Waals surface area (Å²) in [6.07, 6.45) is 5.60. The Morgan fingerprint density at radius 3 is 2.29 bits per heavy atom. The van der Waals surface area contributed by atoms with E-state index in [1.54, 1.807) is 0 Å². The number of hydrogen-bond acceptors (Lipinski definition) is 4. The van der Waals surface area contributed by atoms with E-state index < -0.39 is 0 Å². The maximum absolute atomic E-state index is 9.54. The molecule has 0 amide bonds. The minimum atomic E-state index is -0.0551. The van der Waals surface area contributed by atoms with Gasteiger partial charge < -0.3 is 15.3 Å². The molecule has 1 aromatic rings. The molecule has 0 unspecified atom stereocenters. The van der Waals surface area contributed by atoms with Crippen LogP contribution < -0.4 is 5.32 Å². The highest BCUT2D eigenvalue weighted by Crippen LogP contribution is 2.14. The van der Waals surface area contributed by atoms with Crippen LogP contribution in [0.4, 0.5) is 0 Å². The molecule has 0 saturated carbocycles. The van der Waals surface area contributed by atoms with E-state index in [2.05, 4.69) is 45.4 Å². The lowest BCUT2D eigenvalue weighted by Gasteiger charge is -2.33. The van der Waals surface area contributed by atoms with Gasteiger partial charge in [0.1, 0.15) is 0 Å². The van der Waals surface area contributed by atoms with Gasteiger partial charge in [0, 0.05) is 25.7 Å². The second kappa shape index (κ2) is 9.52. The molecule has 4 nitrogen and oxygen atoms in total. The number of aliphatic hydroxyl groups is 1. The van der Waals surface area contributed by atoms with E-state index in [1.165, 1.54) is 44.5 Å². The predicted molar refractivity (Wildman–Crippen MR) is 99.0 cm³/mol. The van der Waals surface area contributed by atoms with Gasteiger partial charge in [-0.25, -0.2) is 0 Å². The fraction of sp³-hybridized carbons (Fsp3) is 0.700. The maximum atomic E-state index is 9.54. The van der Waals surface area contributed by atoms with Crippen molar-refractivity contribution in [2.45, 2.75) is 50.8 Å². The standard InChI is InChI=1S/C20H33N3O/c24-20-9-15-22(16-10-20)12-4-11-21-19-7-13-23(14-8-19)17-18-5-2-1-3-6-18/h1-3,5-6,19-21,24H,4,7-17H2. The van der Waals surface area contributed by atoms with Gasteiger partial charge in [-0.1, -0.05) is 30.3 Å². The summed E-state index contributed by atoms with van der Waals surface area (Å²) in [4.78, 5) is 5.07. The summed E-state index contributed by atoms with van der Waals surface area (Å²) in [6.45, 7) is 7.94. The van der Waals surface area contributed by atoms with Gasteiger partial charge in [-0.15, -0.1) is 0 Å². The van der Waals surface area contributed by atoms with Crippen molar-refractivity contribution in [1.29, 1.82) is 0 Å². The lowest BCUT2D eigenvalue weighted by atomic mass is 10.0. The Kier molecular flexibility index (Phi) is 7.09. The molecule has 0 radical (unpaired) electrons. The number of nitrogens with zero attached hydrogens (tertiary/aromatic N) is 2. The van der Waals surface area contributed by atoms with E-state index in [9.17, 15) is 5.11 Å². The van der Waals surface area contributed by atoms with Crippen LogP contribution in [0.3, 0.4) is 0 Å². The number of likely N-dealkylation sites (tertiary alicyclic amines) is 2. The molecular formula is C20H33N3O. The quantitative estimate of drug-likeness (QED) is 0.751. The summed E-state index contributed by atoms with van der Waals surface area (Å²) in [7, 11) is 0. The van der Waals surface area contributed by atoms with Crippen molar-refractivity contribution in [3.8, 4) is 0 Å². The Labute approximate surface area is 146 Å². The topological polar surface area (TPSA) is 38.7 Å². The third-order valence-corrected chi connectivity index (χ3v) is 5.48. The van der Waals surface area contributed by atoms with Crippen LogP contribution in [-0.2, 0) is 6.54 Å². The molecule has 3 rings (SSSR count). The third-order valence-electron chi connectivity index (χ3n) is 5.48. The number of benzene rings is 1. The molecule has 0 spiro atoms. The van der Waals surface area contributed by atoms with Gasteiger partial charge in [-0.05, 0) is 63.8 Å². The number of nitrogens with one attached hydrogen (secondary N) is 1. The average molecular weight is 332 g/mol. The first-order valence-electron chi connectivity index (χ1n) is 9.70. The Bertz CT molecular complexity index is 451. The summed E-state index contributed by atoms with van der Waals surface area (Å²) in [6, 6.07) is 11.5. The summed E-state index contributed by atoms with van der Waals surface area (Å²) < 4.78 is 0. The zero-order chi connectivity index (χ0) is 16.6. The molecule has 134 valence electrons. The van der Waals surface area contributed by atoms with E-state index >= 15 is 0 Å². The van der Waals surface area contributed by atoms with Crippen LogP contribution in [0.2, 0.25) is 0 Å². The number of piperidine rings is 2. The van der Waals surface area contributed by atoms with E-state index in [0.717, 1.165) is 39.0 Å². The second-order valence-electron chi connectivity index (χ2n) is 7.42. The Morgan fingerprint density at radius 1 is 0.917 bits per heavy atom. The summed E-state index contributed by atoms with van der Waals surface area (Å²) in [5.74, 6) is 0. The Balaban J connectivity index is 1.25. The first kappa shape index (κ1) is 17.9. The Morgan fingerprint density at radius 2 is 1.58 bits per heavy atom. The first-order chi connectivity index (χ1) is 11.8. The van der Waals surface area contributed by atoms with E-state index in [4.69, 9.17) is 0 Å². The maximum Gasteiger partial charge on any atom is 0.0564 e. The molecule has 2 aliphatic heterocycles. The van der Waals surface area contributed by atoms with Gasteiger partial charge in [-0.2, -0.15) is 0 Å². The van der Waals surface area contributed by atoms with Crippen LogP contribution in [0.25, 0.3) is 0 Å². The first-order valence-corrected chi connectivity index (χ1v) is 9.70. The van der Waals surface area contributed by atoms with Crippen LogP contribution in [0.5, 0.6) is 0 Å². The van der Waals surface area contributed by atoms with Gasteiger partial charge in [0.25, 0.3) is 0 Å². The lowest BCUT2D eigenvalue weighted by molar-refractivity contribution is 0.0818. The lowest BCUT2D eigenvalue weighted by Crippen LogP contribution is -2.43. The van der Waals surface area contributed by atoms with Crippen LogP contribution in [0, 0.1) is 0 Å². The predicted octanol–water partition coefficient (Wildman–Crippen LogP) is 2.09. The summed E-state index contributed by atoms with van der Waals surface area (Å²) in [5, 5.41) is 13.3. The van der Waals surface area contributed by atoms with E-state index in [0.29, 0.717) is 6.04 Å². The van der Waals surface area contributed by atoms with E-state index in [-0.39, 0.29) is 6.10 Å². The molecule has 2 saturated heterocycles. The molecule has 1 aromatic carbocycles. The number of aliphatic hydroxyl groups excluding tert-OH is 1. The molecule has 2 fully saturated rings. The minimum absolute atomic E-state index is 0.0551. The molecule has 0 bridgehead atoms. The largest absolute Gasteiger partial charge is 0.393 e. The van der Waals surface area contributed by atoms with Crippen LogP contribution in [-0.4, -0.2) is 66.3 Å². The molecule has 0 aliphatic carbocycles. The normalized spacial score (nSPS) is 22.0. The Hall–Kier alpha value is -0.940. The fourth-order valence-electron chi connectivity index (χ4n) is 3.89. The van der Waals surface area contributed by atoms with Crippen molar-refractivity contribution in [2.75, 3.05) is 39.3 Å². The minimum Gasteiger partial charge on any atom is -0.393 e. The van der Waals surface area contributed by atoms with Crippen molar-refractivity contribution in [3.05, 3.63) is 35.9 Å². The van der Waals surface area contributed by atoms with E-state index in [1.807, 2.05) is 0 Å². The molecule has 24 heavy (non-hydrogen) atoms. The average Bonchev–Trinajstić information content (AvgIpc) is 2.62. The molecule has 0 aromatic heterocycles. The molecule has 2 N–H and O–H groups in total. The number of hydrogen-bond donors (Lipinski definition) is 2. The highest BCUT2D eigenvalue weighted by Gasteiger charge is 2.19. The number of rotatable bonds is 7. The third kappa shape index (κ3) is 5.85. The van der Waals surface area contributed by atoms with Gasteiger partial charge in [0.2, 0.25) is 0 Å². The summed E-state index contributed by atoms with van der Waals surface area (Å²) >= 11 is 0. The summed E-state index contributed by atoms with van der Waals surface area (Å²) in [5.41, 5.74) is 1.43. The molecular weight excluding hydrogens is 298 g/mol. The molecule has 2 heterocycles. The van der Waals surface area contributed by atoms with Crippen molar-refractivity contribution < 1.29 is 5.11 Å². The highest BCUT2D eigenvalue weighted by atomic mass is 16.3. The zero-order valence-corrected chi connectivity index (χ0v) is 14.9. The molecule has 2 aliphatic rings. The van der Waals surface area contributed by atoms with Crippen molar-refractivity contribution >= 4 is 0 Å². The van der Waals surface area contributed by atoms with Crippen LogP contribution in [0.15, 0.2) is 30.3 Å². The zero-order valence-electron chi connectivity index (χ0n) is 14.9. The molecule has 0 atom stereocenters. The van der Waals surface area contributed by atoms with Crippen LogP contribution >= 0.6 is 0 Å². The van der Waals surface area contributed by atoms with Gasteiger partial charge in [0.15, 0.2) is 0 Å². The highest BCUT2D eigenvalue weighted by molar-refractivity contribution is 5.14. The smallest absolute Gasteiger partial charge is 0.0564 e. The van der Waals surface area contributed by atoms with Gasteiger partial charge >= 0.3 is 0 Å². The SMILES string of the molecule is OC1CCN(CCCNC2CCN(Cc3ccccc3)CC2)CC1. The molecule has 4 heteroatoms. The van der Waals surface area contributed by atoms with Gasteiger partial charge in [0.05, 0.1) is 6.10 Å². The van der Waals surface area contributed by atoms with Gasteiger partial charge in [-0.3, -0.25) is 4.90 Å². The fourth-order valence-corrected chi connectivity index (χ4v) is 3.89. The van der Waals surface area contributed by atoms with Crippen molar-refractivity contribution in [3.63, 3.8) is 0 Å².